The van der Waals surface area contributed by atoms with E-state index in [9.17, 15) is 4.79 Å². The Morgan fingerprint density at radius 1 is 1.26 bits per heavy atom. The van der Waals surface area contributed by atoms with Crippen molar-refractivity contribution in [3.63, 3.8) is 0 Å². The Morgan fingerprint density at radius 2 is 2.11 bits per heavy atom. The molecule has 5 rings (SSSR count). The maximum atomic E-state index is 12.8. The standard InChI is InChI=1S/C21H19ClN2O3/c22-13-6-7-18-15(10-13)17(12-21(26-18)8-3-9-21)23-20(25)11-16-14-4-1-2-5-19(14)27-24-16/h1-2,4-7,10,17H,3,8-9,11-12H2,(H,23,25)/t17-/m0/s1. The van der Waals surface area contributed by atoms with E-state index in [1.807, 2.05) is 42.5 Å². The average molecular weight is 383 g/mol. The Morgan fingerprint density at radius 3 is 2.93 bits per heavy atom. The van der Waals surface area contributed by atoms with Gasteiger partial charge >= 0.3 is 0 Å². The van der Waals surface area contributed by atoms with Crippen molar-refractivity contribution in [1.29, 1.82) is 0 Å². The van der Waals surface area contributed by atoms with Crippen molar-refractivity contribution in [1.82, 2.24) is 10.5 Å². The van der Waals surface area contributed by atoms with Crippen molar-refractivity contribution in [2.45, 2.75) is 43.7 Å². The molecule has 27 heavy (non-hydrogen) atoms. The second-order valence-corrected chi connectivity index (χ2v) is 7.88. The van der Waals surface area contributed by atoms with Gasteiger partial charge in [0.2, 0.25) is 5.91 Å². The number of para-hydroxylation sites is 1. The van der Waals surface area contributed by atoms with Crippen molar-refractivity contribution in [3.8, 4) is 5.75 Å². The van der Waals surface area contributed by atoms with E-state index in [1.165, 1.54) is 0 Å². The molecule has 0 radical (unpaired) electrons. The maximum absolute atomic E-state index is 12.8. The normalized spacial score (nSPS) is 20.0. The zero-order valence-corrected chi connectivity index (χ0v) is 15.5. The van der Waals surface area contributed by atoms with Crippen LogP contribution in [0.1, 0.15) is 43.0 Å². The third-order valence-corrected chi connectivity index (χ3v) is 5.87. The summed E-state index contributed by atoms with van der Waals surface area (Å²) in [6, 6.07) is 13.1. The number of halogens is 1. The number of nitrogens with zero attached hydrogens (tertiary/aromatic N) is 1. The van der Waals surface area contributed by atoms with Gasteiger partial charge in [-0.25, -0.2) is 0 Å². The van der Waals surface area contributed by atoms with Crippen LogP contribution in [0, 0.1) is 0 Å². The van der Waals surface area contributed by atoms with E-state index in [2.05, 4.69) is 10.5 Å². The lowest BCUT2D eigenvalue weighted by atomic mass is 9.73. The number of nitrogens with one attached hydrogen (secondary N) is 1. The van der Waals surface area contributed by atoms with Gasteiger partial charge in [0.25, 0.3) is 0 Å². The first-order valence-corrected chi connectivity index (χ1v) is 9.61. The predicted octanol–water partition coefficient (Wildman–Crippen LogP) is 4.59. The summed E-state index contributed by atoms with van der Waals surface area (Å²) in [5.74, 6) is 0.740. The van der Waals surface area contributed by atoms with E-state index in [-0.39, 0.29) is 24.0 Å². The van der Waals surface area contributed by atoms with Crippen LogP contribution >= 0.6 is 11.6 Å². The van der Waals surface area contributed by atoms with Crippen LogP contribution in [0.2, 0.25) is 5.02 Å². The Labute approximate surface area is 161 Å². The summed E-state index contributed by atoms with van der Waals surface area (Å²) in [7, 11) is 0. The lowest BCUT2D eigenvalue weighted by molar-refractivity contribution is -0.122. The summed E-state index contributed by atoms with van der Waals surface area (Å²) in [6.07, 6.45) is 4.15. The van der Waals surface area contributed by atoms with Crippen molar-refractivity contribution < 1.29 is 14.1 Å². The number of fused-ring (bicyclic) bond motifs is 2. The fourth-order valence-electron chi connectivity index (χ4n) is 4.11. The first kappa shape index (κ1) is 16.6. The molecule has 1 aliphatic heterocycles. The minimum Gasteiger partial charge on any atom is -0.487 e. The Bertz CT molecular complexity index is 1030. The highest BCUT2D eigenvalue weighted by atomic mass is 35.5. The molecule has 2 aromatic carbocycles. The van der Waals surface area contributed by atoms with E-state index >= 15 is 0 Å². The van der Waals surface area contributed by atoms with E-state index in [1.54, 1.807) is 0 Å². The number of aromatic nitrogens is 1. The number of carbonyl (C=O) groups excluding carboxylic acids is 1. The van der Waals surface area contributed by atoms with E-state index in [0.29, 0.717) is 16.3 Å². The van der Waals surface area contributed by atoms with Crippen molar-refractivity contribution in [2.24, 2.45) is 0 Å². The molecule has 2 aliphatic rings. The molecule has 1 aliphatic carbocycles. The zero-order valence-electron chi connectivity index (χ0n) is 14.7. The summed E-state index contributed by atoms with van der Waals surface area (Å²) in [5.41, 5.74) is 2.13. The third kappa shape index (κ3) is 2.96. The topological polar surface area (TPSA) is 64.4 Å². The molecule has 1 amide bonds. The Hall–Kier alpha value is -2.53. The molecule has 1 atom stereocenters. The zero-order chi connectivity index (χ0) is 18.4. The van der Waals surface area contributed by atoms with Crippen molar-refractivity contribution >= 4 is 28.5 Å². The summed E-state index contributed by atoms with van der Waals surface area (Å²) in [6.45, 7) is 0. The molecule has 3 aromatic rings. The molecular weight excluding hydrogens is 364 g/mol. The smallest absolute Gasteiger partial charge is 0.226 e. The van der Waals surface area contributed by atoms with E-state index < -0.39 is 0 Å². The van der Waals surface area contributed by atoms with Gasteiger partial charge < -0.3 is 14.6 Å². The fourth-order valence-corrected chi connectivity index (χ4v) is 4.29. The van der Waals surface area contributed by atoms with Crippen LogP contribution in [0.25, 0.3) is 11.0 Å². The molecule has 0 saturated heterocycles. The largest absolute Gasteiger partial charge is 0.487 e. The van der Waals surface area contributed by atoms with Gasteiger partial charge in [0, 0.05) is 22.4 Å². The van der Waals surface area contributed by atoms with Crippen LogP contribution in [0.3, 0.4) is 0 Å². The molecule has 1 fully saturated rings. The van der Waals surface area contributed by atoms with Gasteiger partial charge in [-0.05, 0) is 49.6 Å². The second-order valence-electron chi connectivity index (χ2n) is 7.45. The molecule has 1 N–H and O–H groups in total. The van der Waals surface area contributed by atoms with Gasteiger partial charge in [-0.1, -0.05) is 28.9 Å². The molecule has 6 heteroatoms. The van der Waals surface area contributed by atoms with Gasteiger partial charge in [0.1, 0.15) is 17.0 Å². The number of carbonyl (C=O) groups is 1. The van der Waals surface area contributed by atoms with Crippen LogP contribution in [-0.2, 0) is 11.2 Å². The Kier molecular flexibility index (Phi) is 3.86. The quantitative estimate of drug-likeness (QED) is 0.719. The number of benzene rings is 2. The first-order valence-electron chi connectivity index (χ1n) is 9.23. The molecule has 1 spiro atoms. The Balaban J connectivity index is 1.39. The number of hydrogen-bond acceptors (Lipinski definition) is 4. The highest BCUT2D eigenvalue weighted by Gasteiger charge is 2.46. The minimum absolute atomic E-state index is 0.0821. The number of ether oxygens (including phenoxy) is 1. The predicted molar refractivity (Wildman–Crippen MR) is 102 cm³/mol. The number of amides is 1. The molecular formula is C21H19ClN2O3. The van der Waals surface area contributed by atoms with Crippen LogP contribution in [-0.4, -0.2) is 16.7 Å². The SMILES string of the molecule is O=C(Cc1noc2ccccc12)N[C@H]1CC2(CCC2)Oc2ccc(Cl)cc21. The maximum Gasteiger partial charge on any atom is 0.226 e. The molecule has 2 heterocycles. The van der Waals surface area contributed by atoms with Gasteiger partial charge in [-0.3, -0.25) is 4.79 Å². The summed E-state index contributed by atoms with van der Waals surface area (Å²) >= 11 is 6.19. The molecule has 138 valence electrons. The molecule has 0 bridgehead atoms. The fraction of sp³-hybridized carbons (Fsp3) is 0.333. The molecule has 1 aromatic heterocycles. The van der Waals surface area contributed by atoms with Gasteiger partial charge in [-0.15, -0.1) is 0 Å². The molecule has 5 nitrogen and oxygen atoms in total. The second kappa shape index (κ2) is 6.27. The van der Waals surface area contributed by atoms with Crippen molar-refractivity contribution in [2.75, 3.05) is 0 Å². The first-order chi connectivity index (χ1) is 13.1. The summed E-state index contributed by atoms with van der Waals surface area (Å²) < 4.78 is 11.6. The molecule has 0 unspecified atom stereocenters. The number of rotatable bonds is 3. The van der Waals surface area contributed by atoms with Crippen LogP contribution in [0.5, 0.6) is 5.75 Å². The lowest BCUT2D eigenvalue weighted by Gasteiger charge is -2.48. The van der Waals surface area contributed by atoms with Crippen LogP contribution < -0.4 is 10.1 Å². The highest BCUT2D eigenvalue weighted by molar-refractivity contribution is 6.30. The number of hydrogen-bond donors (Lipinski definition) is 1. The monoisotopic (exact) mass is 382 g/mol. The average Bonchev–Trinajstić information content (AvgIpc) is 3.03. The van der Waals surface area contributed by atoms with E-state index in [4.69, 9.17) is 20.9 Å². The van der Waals surface area contributed by atoms with Crippen LogP contribution in [0.4, 0.5) is 0 Å². The van der Waals surface area contributed by atoms with E-state index in [0.717, 1.165) is 42.4 Å². The molecule has 1 saturated carbocycles. The van der Waals surface area contributed by atoms with Gasteiger partial charge in [0.05, 0.1) is 12.5 Å². The third-order valence-electron chi connectivity index (χ3n) is 5.63. The van der Waals surface area contributed by atoms with Crippen LogP contribution in [0.15, 0.2) is 47.0 Å². The lowest BCUT2D eigenvalue weighted by Crippen LogP contribution is -2.49. The van der Waals surface area contributed by atoms with Crippen molar-refractivity contribution in [3.05, 3.63) is 58.7 Å². The summed E-state index contributed by atoms with van der Waals surface area (Å²) in [5, 5.41) is 8.75. The van der Waals surface area contributed by atoms with Gasteiger partial charge in [0.15, 0.2) is 5.58 Å². The van der Waals surface area contributed by atoms with Gasteiger partial charge in [-0.2, -0.15) is 0 Å². The summed E-state index contributed by atoms with van der Waals surface area (Å²) in [4.78, 5) is 12.8. The minimum atomic E-state index is -0.153. The highest BCUT2D eigenvalue weighted by Crippen LogP contribution is 2.49.